The Morgan fingerprint density at radius 3 is 2.43 bits per heavy atom. The normalized spacial score (nSPS) is 22.4. The Morgan fingerprint density at radius 2 is 1.95 bits per heavy atom. The maximum Gasteiger partial charge on any atom is 0.262 e. The van der Waals surface area contributed by atoms with Crippen molar-refractivity contribution in [3.63, 3.8) is 0 Å². The van der Waals surface area contributed by atoms with Crippen LogP contribution in [0.2, 0.25) is 0 Å². The van der Waals surface area contributed by atoms with Crippen LogP contribution in [0.15, 0.2) is 11.2 Å². The van der Waals surface area contributed by atoms with Gasteiger partial charge in [-0.3, -0.25) is 4.90 Å². The topological polar surface area (TPSA) is 70.5 Å². The molecule has 0 bridgehead atoms. The zero-order valence-electron chi connectivity index (χ0n) is 12.6. The summed E-state index contributed by atoms with van der Waals surface area (Å²) in [5.74, 6) is 0.746. The van der Waals surface area contributed by atoms with E-state index in [2.05, 4.69) is 15.2 Å². The van der Waals surface area contributed by atoms with Gasteiger partial charge in [0.15, 0.2) is 5.03 Å². The average Bonchev–Trinajstić information content (AvgIpc) is 2.79. The van der Waals surface area contributed by atoms with E-state index in [1.165, 1.54) is 0 Å². The molecule has 0 atom stereocenters. The molecular weight excluding hydrogens is 290 g/mol. The van der Waals surface area contributed by atoms with E-state index in [4.69, 9.17) is 0 Å². The van der Waals surface area contributed by atoms with Gasteiger partial charge in [-0.25, -0.2) is 13.4 Å². The van der Waals surface area contributed by atoms with Gasteiger partial charge in [-0.1, -0.05) is 0 Å². The maximum absolute atomic E-state index is 12.6. The molecule has 2 aliphatic rings. The fraction of sp³-hybridized carbons (Fsp3) is 0.769. The van der Waals surface area contributed by atoms with Gasteiger partial charge in [0.05, 0.1) is 0 Å². The minimum atomic E-state index is -3.45. The van der Waals surface area contributed by atoms with Crippen molar-refractivity contribution in [3.05, 3.63) is 12.0 Å². The third-order valence-corrected chi connectivity index (χ3v) is 6.22. The summed E-state index contributed by atoms with van der Waals surface area (Å²) in [6.45, 7) is 9.31. The summed E-state index contributed by atoms with van der Waals surface area (Å²) in [5.41, 5.74) is 0. The minimum absolute atomic E-state index is 0.181. The lowest BCUT2D eigenvalue weighted by molar-refractivity contribution is 0.103. The smallest absolute Gasteiger partial charge is 0.262 e. The Balaban J connectivity index is 1.70. The molecule has 1 aromatic rings. The predicted octanol–water partition coefficient (Wildman–Crippen LogP) is -0.510. The summed E-state index contributed by atoms with van der Waals surface area (Å²) in [6.07, 6.45) is 1.65. The van der Waals surface area contributed by atoms with E-state index in [0.717, 1.165) is 38.5 Å². The first-order valence-corrected chi connectivity index (χ1v) is 8.95. The van der Waals surface area contributed by atoms with Gasteiger partial charge in [-0.15, -0.1) is 0 Å². The van der Waals surface area contributed by atoms with E-state index in [0.29, 0.717) is 19.1 Å². The maximum atomic E-state index is 12.6. The quantitative estimate of drug-likeness (QED) is 0.811. The molecule has 0 amide bonds. The highest BCUT2D eigenvalue weighted by atomic mass is 32.2. The van der Waals surface area contributed by atoms with Crippen LogP contribution in [0.5, 0.6) is 0 Å². The second-order valence-electron chi connectivity index (χ2n) is 5.66. The average molecular weight is 313 g/mol. The number of sulfonamides is 1. The fourth-order valence-corrected chi connectivity index (χ4v) is 4.31. The second kappa shape index (κ2) is 5.68. The number of hydrogen-bond donors (Lipinski definition) is 1. The van der Waals surface area contributed by atoms with Crippen LogP contribution in [0.4, 0.5) is 0 Å². The molecule has 7 nitrogen and oxygen atoms in total. The van der Waals surface area contributed by atoms with Crippen molar-refractivity contribution in [1.29, 1.82) is 0 Å². The number of imidazole rings is 1. The molecule has 21 heavy (non-hydrogen) atoms. The molecule has 0 aliphatic carbocycles. The largest absolute Gasteiger partial charge is 0.334 e. The molecule has 2 fully saturated rings. The molecule has 1 aromatic heterocycles. The van der Waals surface area contributed by atoms with E-state index in [1.54, 1.807) is 10.5 Å². The molecular formula is C13H23N5O2S. The molecule has 2 aliphatic heterocycles. The Kier molecular flexibility index (Phi) is 4.04. The molecule has 0 radical (unpaired) electrons. The van der Waals surface area contributed by atoms with Gasteiger partial charge < -0.3 is 9.88 Å². The van der Waals surface area contributed by atoms with Crippen LogP contribution in [-0.4, -0.2) is 72.5 Å². The number of piperazine rings is 1. The van der Waals surface area contributed by atoms with Crippen molar-refractivity contribution in [2.24, 2.45) is 0 Å². The lowest BCUT2D eigenvalue weighted by Gasteiger charge is -2.42. The highest BCUT2D eigenvalue weighted by molar-refractivity contribution is 7.89. The molecule has 2 saturated heterocycles. The monoisotopic (exact) mass is 313 g/mol. The highest BCUT2D eigenvalue weighted by Crippen LogP contribution is 2.18. The molecule has 1 N–H and O–H groups in total. The van der Waals surface area contributed by atoms with Gasteiger partial charge in [0, 0.05) is 58.1 Å². The molecule has 8 heteroatoms. The van der Waals surface area contributed by atoms with Crippen LogP contribution < -0.4 is 5.32 Å². The number of aromatic nitrogens is 2. The van der Waals surface area contributed by atoms with Crippen LogP contribution in [0.3, 0.4) is 0 Å². The van der Waals surface area contributed by atoms with Crippen LogP contribution in [0.1, 0.15) is 12.7 Å². The lowest BCUT2D eigenvalue weighted by atomic mass is 10.1. The van der Waals surface area contributed by atoms with Crippen LogP contribution in [0, 0.1) is 6.92 Å². The number of rotatable bonds is 4. The lowest BCUT2D eigenvalue weighted by Crippen LogP contribution is -2.62. The van der Waals surface area contributed by atoms with Crippen molar-refractivity contribution in [2.45, 2.75) is 31.5 Å². The fourth-order valence-electron chi connectivity index (χ4n) is 2.90. The van der Waals surface area contributed by atoms with Crippen molar-refractivity contribution in [1.82, 2.24) is 24.1 Å². The zero-order chi connectivity index (χ0) is 15.0. The number of aryl methyl sites for hydroxylation is 2. The Labute approximate surface area is 126 Å². The molecule has 0 unspecified atom stereocenters. The van der Waals surface area contributed by atoms with Gasteiger partial charge in [0.1, 0.15) is 5.82 Å². The first kappa shape index (κ1) is 15.0. The third kappa shape index (κ3) is 2.73. The van der Waals surface area contributed by atoms with E-state index < -0.39 is 10.0 Å². The first-order chi connectivity index (χ1) is 10.0. The second-order valence-corrected chi connectivity index (χ2v) is 7.55. The van der Waals surface area contributed by atoms with E-state index in [-0.39, 0.29) is 5.03 Å². The summed E-state index contributed by atoms with van der Waals surface area (Å²) in [5, 5.41) is 3.44. The summed E-state index contributed by atoms with van der Waals surface area (Å²) in [6, 6.07) is 0.580. The van der Waals surface area contributed by atoms with Crippen molar-refractivity contribution in [2.75, 3.05) is 39.3 Å². The Morgan fingerprint density at radius 1 is 1.29 bits per heavy atom. The van der Waals surface area contributed by atoms with E-state index in [9.17, 15) is 8.42 Å². The summed E-state index contributed by atoms with van der Waals surface area (Å²) in [4.78, 5) is 6.59. The van der Waals surface area contributed by atoms with Gasteiger partial charge in [0.2, 0.25) is 0 Å². The third-order valence-electron chi connectivity index (χ3n) is 4.45. The molecule has 0 spiro atoms. The number of nitrogens with zero attached hydrogens (tertiary/aromatic N) is 4. The summed E-state index contributed by atoms with van der Waals surface area (Å²) in [7, 11) is -3.45. The first-order valence-electron chi connectivity index (χ1n) is 7.51. The van der Waals surface area contributed by atoms with Gasteiger partial charge in [-0.2, -0.15) is 4.31 Å². The highest BCUT2D eigenvalue weighted by Gasteiger charge is 2.34. The van der Waals surface area contributed by atoms with Crippen molar-refractivity contribution >= 4 is 10.0 Å². The van der Waals surface area contributed by atoms with Gasteiger partial charge in [0.25, 0.3) is 10.0 Å². The zero-order valence-corrected chi connectivity index (χ0v) is 13.4. The molecule has 0 saturated carbocycles. The predicted molar refractivity (Wildman–Crippen MR) is 79.6 cm³/mol. The van der Waals surface area contributed by atoms with Crippen LogP contribution >= 0.6 is 0 Å². The standard InChI is InChI=1S/C13H23N5O2S/c1-3-16-10-13(15-11(16)2)21(19,20)18-6-4-17(5-7-18)12-8-14-9-12/h10,12,14H,3-9H2,1-2H3. The van der Waals surface area contributed by atoms with Crippen molar-refractivity contribution < 1.29 is 8.42 Å². The Hall–Kier alpha value is -0.960. The number of nitrogens with one attached hydrogen (secondary N) is 1. The van der Waals surface area contributed by atoms with Crippen LogP contribution in [0.25, 0.3) is 0 Å². The molecule has 3 rings (SSSR count). The number of hydrogen-bond acceptors (Lipinski definition) is 5. The Bertz CT molecular complexity index is 600. The molecule has 3 heterocycles. The summed E-state index contributed by atoms with van der Waals surface area (Å²) < 4.78 is 28.7. The minimum Gasteiger partial charge on any atom is -0.334 e. The molecule has 118 valence electrons. The SMILES string of the molecule is CCn1cc(S(=O)(=O)N2CCN(C3CNC3)CC2)nc1C. The van der Waals surface area contributed by atoms with Crippen molar-refractivity contribution in [3.8, 4) is 0 Å². The van der Waals surface area contributed by atoms with Gasteiger partial charge >= 0.3 is 0 Å². The van der Waals surface area contributed by atoms with Crippen LogP contribution in [-0.2, 0) is 16.6 Å². The summed E-state index contributed by atoms with van der Waals surface area (Å²) >= 11 is 0. The van der Waals surface area contributed by atoms with E-state index in [1.807, 2.05) is 18.4 Å². The molecule has 0 aromatic carbocycles. The van der Waals surface area contributed by atoms with Gasteiger partial charge in [-0.05, 0) is 13.8 Å². The van der Waals surface area contributed by atoms with E-state index >= 15 is 0 Å².